The zero-order chi connectivity index (χ0) is 20.3. The summed E-state index contributed by atoms with van der Waals surface area (Å²) in [4.78, 5) is 12.9. The van der Waals surface area contributed by atoms with Crippen molar-refractivity contribution < 1.29 is 4.79 Å². The Morgan fingerprint density at radius 3 is 2.67 bits per heavy atom. The second-order valence-electron chi connectivity index (χ2n) is 7.21. The van der Waals surface area contributed by atoms with Gasteiger partial charge in [-0.25, -0.2) is 0 Å². The van der Waals surface area contributed by atoms with E-state index in [1.54, 1.807) is 12.1 Å². The normalized spacial score (nSPS) is 13.5. The SMILES string of the molecule is O=C(Nc1ccc(-c2nnc3n2CCCCC3)cc1)c1ccccc1-n1cnnn1. The molecule has 0 unspecified atom stereocenters. The van der Waals surface area contributed by atoms with Crippen molar-refractivity contribution in [2.45, 2.75) is 32.2 Å². The van der Waals surface area contributed by atoms with Crippen LogP contribution in [0.15, 0.2) is 54.9 Å². The molecule has 0 atom stereocenters. The second-order valence-corrected chi connectivity index (χ2v) is 7.21. The first-order valence-corrected chi connectivity index (χ1v) is 9.96. The van der Waals surface area contributed by atoms with Crippen LogP contribution < -0.4 is 5.32 Å². The summed E-state index contributed by atoms with van der Waals surface area (Å²) in [6, 6.07) is 14.9. The Balaban J connectivity index is 1.37. The number of amides is 1. The molecular weight excluding hydrogens is 380 g/mol. The molecule has 2 aromatic heterocycles. The Kier molecular flexibility index (Phi) is 4.76. The molecule has 30 heavy (non-hydrogen) atoms. The third kappa shape index (κ3) is 3.45. The molecule has 2 aromatic carbocycles. The molecule has 9 nitrogen and oxygen atoms in total. The number of para-hydroxylation sites is 1. The van der Waals surface area contributed by atoms with Crippen LogP contribution in [0.3, 0.4) is 0 Å². The van der Waals surface area contributed by atoms with Gasteiger partial charge in [0.05, 0.1) is 11.3 Å². The highest BCUT2D eigenvalue weighted by Gasteiger charge is 2.17. The molecule has 0 saturated heterocycles. The number of carbonyl (C=O) groups excluding carboxylic acids is 1. The molecule has 4 aromatic rings. The van der Waals surface area contributed by atoms with E-state index >= 15 is 0 Å². The fourth-order valence-electron chi connectivity index (χ4n) is 3.74. The van der Waals surface area contributed by atoms with Crippen LogP contribution in [-0.2, 0) is 13.0 Å². The molecular formula is C21H20N8O. The number of fused-ring (bicyclic) bond motifs is 1. The minimum atomic E-state index is -0.231. The molecule has 1 N–H and O–H groups in total. The third-order valence-corrected chi connectivity index (χ3v) is 5.25. The Bertz CT molecular complexity index is 1160. The van der Waals surface area contributed by atoms with Crippen LogP contribution in [-0.4, -0.2) is 40.9 Å². The summed E-state index contributed by atoms with van der Waals surface area (Å²) in [5.41, 5.74) is 2.79. The van der Waals surface area contributed by atoms with E-state index in [1.807, 2.05) is 36.4 Å². The molecule has 3 heterocycles. The molecule has 0 spiro atoms. The molecule has 0 aliphatic carbocycles. The van der Waals surface area contributed by atoms with Gasteiger partial charge in [-0.2, -0.15) is 4.68 Å². The summed E-state index contributed by atoms with van der Waals surface area (Å²) >= 11 is 0. The predicted molar refractivity (Wildman–Crippen MR) is 110 cm³/mol. The van der Waals surface area contributed by atoms with Gasteiger partial charge in [0.2, 0.25) is 0 Å². The zero-order valence-corrected chi connectivity index (χ0v) is 16.3. The molecule has 0 bridgehead atoms. The first kappa shape index (κ1) is 18.2. The van der Waals surface area contributed by atoms with Gasteiger partial charge in [-0.05, 0) is 59.7 Å². The topological polar surface area (TPSA) is 103 Å². The van der Waals surface area contributed by atoms with Crippen LogP contribution in [0, 0.1) is 0 Å². The predicted octanol–water partition coefficient (Wildman–Crippen LogP) is 2.90. The number of carbonyl (C=O) groups is 1. The average molecular weight is 400 g/mol. The molecule has 1 amide bonds. The Morgan fingerprint density at radius 1 is 0.967 bits per heavy atom. The summed E-state index contributed by atoms with van der Waals surface area (Å²) in [5.74, 6) is 1.71. The number of anilines is 1. The molecule has 0 fully saturated rings. The number of tetrazole rings is 1. The molecule has 5 rings (SSSR count). The van der Waals surface area contributed by atoms with Crippen molar-refractivity contribution in [3.05, 3.63) is 66.2 Å². The van der Waals surface area contributed by atoms with Gasteiger partial charge in [-0.3, -0.25) is 4.79 Å². The summed E-state index contributed by atoms with van der Waals surface area (Å²) < 4.78 is 3.68. The Morgan fingerprint density at radius 2 is 1.83 bits per heavy atom. The van der Waals surface area contributed by atoms with E-state index < -0.39 is 0 Å². The standard InChI is InChI=1S/C21H20N8O/c30-21(17-6-3-4-7-18(17)29-14-22-26-27-29)23-16-11-9-15(10-12-16)20-25-24-19-8-2-1-5-13-28(19)20/h3-4,6-7,9-12,14H,1-2,5,8,13H2,(H,23,30). The lowest BCUT2D eigenvalue weighted by atomic mass is 10.1. The van der Waals surface area contributed by atoms with Crippen molar-refractivity contribution in [3.8, 4) is 17.1 Å². The maximum Gasteiger partial charge on any atom is 0.257 e. The molecule has 9 heteroatoms. The molecule has 1 aliphatic rings. The lowest BCUT2D eigenvalue weighted by molar-refractivity contribution is 0.102. The highest BCUT2D eigenvalue weighted by atomic mass is 16.1. The number of nitrogens with zero attached hydrogens (tertiary/aromatic N) is 7. The van der Waals surface area contributed by atoms with Crippen LogP contribution in [0.1, 0.15) is 35.4 Å². The van der Waals surface area contributed by atoms with Gasteiger partial charge in [0, 0.05) is 24.2 Å². The quantitative estimate of drug-likeness (QED) is 0.565. The minimum absolute atomic E-state index is 0.231. The summed E-state index contributed by atoms with van der Waals surface area (Å²) in [6.45, 7) is 0.948. The second kappa shape index (κ2) is 7.86. The maximum absolute atomic E-state index is 12.9. The molecule has 1 aliphatic heterocycles. The van der Waals surface area contributed by atoms with Crippen molar-refractivity contribution >= 4 is 11.6 Å². The highest BCUT2D eigenvalue weighted by Crippen LogP contribution is 2.24. The van der Waals surface area contributed by atoms with Gasteiger partial charge in [-0.15, -0.1) is 15.3 Å². The van der Waals surface area contributed by atoms with Crippen molar-refractivity contribution in [2.75, 3.05) is 5.32 Å². The lowest BCUT2D eigenvalue weighted by Gasteiger charge is -2.10. The highest BCUT2D eigenvalue weighted by molar-refractivity contribution is 6.06. The average Bonchev–Trinajstić information content (AvgIpc) is 3.40. The number of aromatic nitrogens is 7. The zero-order valence-electron chi connectivity index (χ0n) is 16.3. The first-order chi connectivity index (χ1) is 14.8. The van der Waals surface area contributed by atoms with Crippen molar-refractivity contribution in [1.82, 2.24) is 35.0 Å². The van der Waals surface area contributed by atoms with E-state index in [2.05, 4.69) is 35.6 Å². The van der Waals surface area contributed by atoms with Crippen LogP contribution in [0.25, 0.3) is 17.1 Å². The van der Waals surface area contributed by atoms with E-state index in [0.717, 1.165) is 43.0 Å². The lowest BCUT2D eigenvalue weighted by Crippen LogP contribution is -2.15. The van der Waals surface area contributed by atoms with Gasteiger partial charge in [0.1, 0.15) is 12.2 Å². The van der Waals surface area contributed by atoms with Gasteiger partial charge in [0.25, 0.3) is 5.91 Å². The number of hydrogen-bond donors (Lipinski definition) is 1. The van der Waals surface area contributed by atoms with Crippen LogP contribution >= 0.6 is 0 Å². The third-order valence-electron chi connectivity index (χ3n) is 5.25. The molecule has 0 saturated carbocycles. The summed E-state index contributed by atoms with van der Waals surface area (Å²) in [7, 11) is 0. The van der Waals surface area contributed by atoms with E-state index in [1.165, 1.54) is 17.4 Å². The van der Waals surface area contributed by atoms with Gasteiger partial charge >= 0.3 is 0 Å². The van der Waals surface area contributed by atoms with Crippen LogP contribution in [0.2, 0.25) is 0 Å². The molecule has 150 valence electrons. The number of aryl methyl sites for hydroxylation is 1. The van der Waals surface area contributed by atoms with Crippen LogP contribution in [0.4, 0.5) is 5.69 Å². The Hall–Kier alpha value is -3.88. The van der Waals surface area contributed by atoms with Crippen molar-refractivity contribution in [1.29, 1.82) is 0 Å². The molecule has 0 radical (unpaired) electrons. The van der Waals surface area contributed by atoms with E-state index in [4.69, 9.17) is 0 Å². The number of rotatable bonds is 4. The van der Waals surface area contributed by atoms with Crippen LogP contribution in [0.5, 0.6) is 0 Å². The van der Waals surface area contributed by atoms with Gasteiger partial charge < -0.3 is 9.88 Å². The number of benzene rings is 2. The van der Waals surface area contributed by atoms with Crippen molar-refractivity contribution in [3.63, 3.8) is 0 Å². The van der Waals surface area contributed by atoms with E-state index in [9.17, 15) is 4.79 Å². The van der Waals surface area contributed by atoms with Gasteiger partial charge in [-0.1, -0.05) is 18.6 Å². The summed E-state index contributed by atoms with van der Waals surface area (Å²) in [6.07, 6.45) is 5.96. The Labute approximate surface area is 172 Å². The largest absolute Gasteiger partial charge is 0.322 e. The number of nitrogens with one attached hydrogen (secondary N) is 1. The monoisotopic (exact) mass is 400 g/mol. The van der Waals surface area contributed by atoms with Crippen molar-refractivity contribution in [2.24, 2.45) is 0 Å². The van der Waals surface area contributed by atoms with Gasteiger partial charge in [0.15, 0.2) is 5.82 Å². The van der Waals surface area contributed by atoms with E-state index in [0.29, 0.717) is 16.9 Å². The first-order valence-electron chi connectivity index (χ1n) is 9.96. The fraction of sp³-hybridized carbons (Fsp3) is 0.238. The smallest absolute Gasteiger partial charge is 0.257 e. The maximum atomic E-state index is 12.9. The number of hydrogen-bond acceptors (Lipinski definition) is 6. The minimum Gasteiger partial charge on any atom is -0.322 e. The summed E-state index contributed by atoms with van der Waals surface area (Å²) in [5, 5.41) is 22.9. The van der Waals surface area contributed by atoms with E-state index in [-0.39, 0.29) is 5.91 Å². The fourth-order valence-corrected chi connectivity index (χ4v) is 3.74.